The van der Waals surface area contributed by atoms with Crippen LogP contribution < -0.4 is 10.6 Å². The van der Waals surface area contributed by atoms with Gasteiger partial charge < -0.3 is 15.5 Å². The molecule has 1 unspecified atom stereocenters. The van der Waals surface area contributed by atoms with E-state index in [0.717, 1.165) is 38.8 Å². The summed E-state index contributed by atoms with van der Waals surface area (Å²) >= 11 is 0. The largest absolute Gasteiger partial charge is 0.356 e. The Labute approximate surface area is 174 Å². The zero-order valence-electron chi connectivity index (χ0n) is 17.6. The van der Waals surface area contributed by atoms with Gasteiger partial charge in [-0.25, -0.2) is 0 Å². The number of carbonyl (C=O) groups is 3. The van der Waals surface area contributed by atoms with Gasteiger partial charge in [0.2, 0.25) is 11.8 Å². The van der Waals surface area contributed by atoms with Crippen molar-refractivity contribution in [2.45, 2.75) is 58.3 Å². The van der Waals surface area contributed by atoms with Gasteiger partial charge in [0.1, 0.15) is 0 Å². The Balaban J connectivity index is 1.64. The molecule has 6 nitrogen and oxygen atoms in total. The molecule has 1 aromatic carbocycles. The van der Waals surface area contributed by atoms with Crippen LogP contribution in [0.2, 0.25) is 0 Å². The SMILES string of the molecule is CCCCCCNC(=O)C1CCCN(C(=O)CCCNC(=O)c2ccccc2)C1. The van der Waals surface area contributed by atoms with Crippen LogP contribution in [0.4, 0.5) is 0 Å². The number of piperidine rings is 1. The van der Waals surface area contributed by atoms with E-state index in [2.05, 4.69) is 17.6 Å². The van der Waals surface area contributed by atoms with Crippen LogP contribution in [0.15, 0.2) is 30.3 Å². The van der Waals surface area contributed by atoms with Crippen molar-refractivity contribution >= 4 is 17.7 Å². The van der Waals surface area contributed by atoms with E-state index in [9.17, 15) is 14.4 Å². The van der Waals surface area contributed by atoms with E-state index in [0.29, 0.717) is 31.5 Å². The van der Waals surface area contributed by atoms with Gasteiger partial charge in [-0.2, -0.15) is 0 Å². The number of carbonyl (C=O) groups excluding carboxylic acids is 3. The lowest BCUT2D eigenvalue weighted by molar-refractivity contribution is -0.135. The molecule has 1 atom stereocenters. The summed E-state index contributed by atoms with van der Waals surface area (Å²) < 4.78 is 0. The van der Waals surface area contributed by atoms with Crippen molar-refractivity contribution in [3.8, 4) is 0 Å². The third-order valence-corrected chi connectivity index (χ3v) is 5.36. The Morgan fingerprint density at radius 3 is 2.52 bits per heavy atom. The fraction of sp³-hybridized carbons (Fsp3) is 0.609. The molecule has 1 fully saturated rings. The van der Waals surface area contributed by atoms with Crippen LogP contribution >= 0.6 is 0 Å². The molecule has 1 heterocycles. The second-order valence-corrected chi connectivity index (χ2v) is 7.76. The van der Waals surface area contributed by atoms with Crippen molar-refractivity contribution in [3.05, 3.63) is 35.9 Å². The molecule has 0 bridgehead atoms. The molecular weight excluding hydrogens is 366 g/mol. The average Bonchev–Trinajstić information content (AvgIpc) is 2.76. The molecule has 0 aromatic heterocycles. The van der Waals surface area contributed by atoms with Crippen LogP contribution in [0.25, 0.3) is 0 Å². The van der Waals surface area contributed by atoms with E-state index in [4.69, 9.17) is 0 Å². The lowest BCUT2D eigenvalue weighted by Gasteiger charge is -2.32. The molecule has 0 saturated carbocycles. The molecule has 3 amide bonds. The van der Waals surface area contributed by atoms with Crippen molar-refractivity contribution in [1.29, 1.82) is 0 Å². The maximum Gasteiger partial charge on any atom is 0.251 e. The maximum absolute atomic E-state index is 12.5. The number of nitrogens with one attached hydrogen (secondary N) is 2. The van der Waals surface area contributed by atoms with E-state index in [1.165, 1.54) is 12.8 Å². The summed E-state index contributed by atoms with van der Waals surface area (Å²) in [6.07, 6.45) is 7.25. The first-order chi connectivity index (χ1) is 14.1. The molecular formula is C23H35N3O3. The molecule has 2 rings (SSSR count). The third-order valence-electron chi connectivity index (χ3n) is 5.36. The van der Waals surface area contributed by atoms with Crippen LogP contribution in [-0.2, 0) is 9.59 Å². The fourth-order valence-corrected chi connectivity index (χ4v) is 3.62. The van der Waals surface area contributed by atoms with Gasteiger partial charge in [0, 0.05) is 38.2 Å². The second-order valence-electron chi connectivity index (χ2n) is 7.76. The molecule has 29 heavy (non-hydrogen) atoms. The summed E-state index contributed by atoms with van der Waals surface area (Å²) in [5.41, 5.74) is 0.624. The standard InChI is InChI=1S/C23H35N3O3/c1-2-3-4-8-15-24-23(29)20-13-10-17-26(18-20)21(27)14-9-16-25-22(28)19-11-6-5-7-12-19/h5-7,11-12,20H,2-4,8-10,13-18H2,1H3,(H,24,29)(H,25,28). The highest BCUT2D eigenvalue weighted by atomic mass is 16.2. The molecule has 160 valence electrons. The molecule has 6 heteroatoms. The minimum absolute atomic E-state index is 0.0689. The Kier molecular flexibility index (Phi) is 10.2. The van der Waals surface area contributed by atoms with Gasteiger partial charge in [0.15, 0.2) is 0 Å². The van der Waals surface area contributed by atoms with Gasteiger partial charge in [-0.05, 0) is 37.8 Å². The summed E-state index contributed by atoms with van der Waals surface area (Å²) in [4.78, 5) is 38.7. The van der Waals surface area contributed by atoms with Gasteiger partial charge in [-0.1, -0.05) is 44.4 Å². The predicted molar refractivity (Wildman–Crippen MR) is 114 cm³/mol. The second kappa shape index (κ2) is 13.0. The first-order valence-corrected chi connectivity index (χ1v) is 11.0. The number of likely N-dealkylation sites (tertiary alicyclic amines) is 1. The Morgan fingerprint density at radius 1 is 1.00 bits per heavy atom. The number of benzene rings is 1. The van der Waals surface area contributed by atoms with E-state index in [-0.39, 0.29) is 23.6 Å². The number of hydrogen-bond donors (Lipinski definition) is 2. The number of amides is 3. The minimum Gasteiger partial charge on any atom is -0.356 e. The lowest BCUT2D eigenvalue weighted by atomic mass is 9.96. The van der Waals surface area contributed by atoms with Crippen molar-refractivity contribution in [2.24, 2.45) is 5.92 Å². The Morgan fingerprint density at radius 2 is 1.76 bits per heavy atom. The summed E-state index contributed by atoms with van der Waals surface area (Å²) in [5.74, 6) is -0.0723. The van der Waals surface area contributed by atoms with E-state index in [1.807, 2.05) is 23.1 Å². The summed E-state index contributed by atoms with van der Waals surface area (Å²) in [5, 5.41) is 5.87. The average molecular weight is 402 g/mol. The van der Waals surface area contributed by atoms with Crippen LogP contribution in [0.3, 0.4) is 0 Å². The molecule has 0 spiro atoms. The van der Waals surface area contributed by atoms with Gasteiger partial charge in [-0.3, -0.25) is 14.4 Å². The van der Waals surface area contributed by atoms with Crippen LogP contribution in [0.1, 0.15) is 68.6 Å². The highest BCUT2D eigenvalue weighted by molar-refractivity contribution is 5.94. The highest BCUT2D eigenvalue weighted by Gasteiger charge is 2.27. The van der Waals surface area contributed by atoms with Gasteiger partial charge in [-0.15, -0.1) is 0 Å². The lowest BCUT2D eigenvalue weighted by Crippen LogP contribution is -2.45. The fourth-order valence-electron chi connectivity index (χ4n) is 3.62. The molecule has 0 radical (unpaired) electrons. The topological polar surface area (TPSA) is 78.5 Å². The molecule has 0 aliphatic carbocycles. The zero-order chi connectivity index (χ0) is 20.9. The summed E-state index contributed by atoms with van der Waals surface area (Å²) in [7, 11) is 0. The van der Waals surface area contributed by atoms with Gasteiger partial charge in [0.25, 0.3) is 5.91 Å². The van der Waals surface area contributed by atoms with Crippen molar-refractivity contribution in [2.75, 3.05) is 26.2 Å². The Hall–Kier alpha value is -2.37. The monoisotopic (exact) mass is 401 g/mol. The molecule has 1 aromatic rings. The van der Waals surface area contributed by atoms with E-state index < -0.39 is 0 Å². The molecule has 1 saturated heterocycles. The maximum atomic E-state index is 12.5. The molecule has 1 aliphatic heterocycles. The summed E-state index contributed by atoms with van der Waals surface area (Å²) in [6, 6.07) is 9.06. The van der Waals surface area contributed by atoms with E-state index in [1.54, 1.807) is 12.1 Å². The number of nitrogens with zero attached hydrogens (tertiary/aromatic N) is 1. The smallest absolute Gasteiger partial charge is 0.251 e. The van der Waals surface area contributed by atoms with E-state index >= 15 is 0 Å². The number of hydrogen-bond acceptors (Lipinski definition) is 3. The summed E-state index contributed by atoms with van der Waals surface area (Å²) in [6.45, 7) is 4.59. The third kappa shape index (κ3) is 8.26. The normalized spacial score (nSPS) is 16.3. The van der Waals surface area contributed by atoms with Crippen LogP contribution in [-0.4, -0.2) is 48.8 Å². The number of rotatable bonds is 11. The molecule has 2 N–H and O–H groups in total. The first-order valence-electron chi connectivity index (χ1n) is 11.0. The van der Waals surface area contributed by atoms with Gasteiger partial charge in [0.05, 0.1) is 5.92 Å². The van der Waals surface area contributed by atoms with Gasteiger partial charge >= 0.3 is 0 Å². The van der Waals surface area contributed by atoms with Crippen molar-refractivity contribution in [3.63, 3.8) is 0 Å². The first kappa shape index (κ1) is 22.9. The number of unbranched alkanes of at least 4 members (excludes halogenated alkanes) is 3. The van der Waals surface area contributed by atoms with Crippen LogP contribution in [0, 0.1) is 5.92 Å². The predicted octanol–water partition coefficient (Wildman–Crippen LogP) is 3.13. The quantitative estimate of drug-likeness (QED) is 0.559. The zero-order valence-corrected chi connectivity index (χ0v) is 17.6. The highest BCUT2D eigenvalue weighted by Crippen LogP contribution is 2.18. The molecule has 1 aliphatic rings. The van der Waals surface area contributed by atoms with Crippen molar-refractivity contribution in [1.82, 2.24) is 15.5 Å². The minimum atomic E-state index is -0.119. The Bertz CT molecular complexity index is 648. The van der Waals surface area contributed by atoms with Crippen molar-refractivity contribution < 1.29 is 14.4 Å². The van der Waals surface area contributed by atoms with Crippen LogP contribution in [0.5, 0.6) is 0 Å².